The molecule has 0 aromatic rings. The van der Waals surface area contributed by atoms with Gasteiger partial charge in [0.15, 0.2) is 0 Å². The Hall–Kier alpha value is -1.40. The topological polar surface area (TPSA) is 52.5 Å². The molecule has 3 rings (SSSR count). The Bertz CT molecular complexity index is 414. The van der Waals surface area contributed by atoms with E-state index in [0.29, 0.717) is 12.1 Å². The van der Waals surface area contributed by atoms with Crippen LogP contribution in [0, 0.1) is 5.92 Å². The quantitative estimate of drug-likeness (QED) is 0.797. The lowest BCUT2D eigenvalue weighted by atomic mass is 9.98. The van der Waals surface area contributed by atoms with E-state index in [-0.39, 0.29) is 0 Å². The first kappa shape index (κ1) is 13.6. The van der Waals surface area contributed by atoms with Crippen molar-refractivity contribution in [3.63, 3.8) is 0 Å². The van der Waals surface area contributed by atoms with E-state index in [1.54, 1.807) is 0 Å². The molecule has 1 fully saturated rings. The second-order valence-corrected chi connectivity index (χ2v) is 5.48. The number of allylic oxidation sites excluding steroid dienone is 1. The predicted molar refractivity (Wildman–Crippen MR) is 80.0 cm³/mol. The average Bonchev–Trinajstić information content (AvgIpc) is 2.49. The maximum Gasteiger partial charge on any atom is 0.219 e. The number of fused-ring (bicyclic) bond motifs is 1. The van der Waals surface area contributed by atoms with Crippen molar-refractivity contribution in [1.29, 1.82) is 0 Å². The molecule has 3 heterocycles. The summed E-state index contributed by atoms with van der Waals surface area (Å²) in [4.78, 5) is 13.6. The second kappa shape index (κ2) is 6.37. The van der Waals surface area contributed by atoms with Crippen molar-refractivity contribution in [3.8, 4) is 0 Å². The normalized spacial score (nSPS) is 32.2. The SMILES string of the molecule is CN1C=CCC2C=NC(=NCCN3CCOCC3)NC21. The Morgan fingerprint density at radius 2 is 2.30 bits per heavy atom. The number of aliphatic imine (C=N–C) groups is 2. The number of rotatable bonds is 3. The molecule has 20 heavy (non-hydrogen) atoms. The number of ether oxygens (including phenoxy) is 1. The summed E-state index contributed by atoms with van der Waals surface area (Å²) in [6, 6.07) is 0. The van der Waals surface area contributed by atoms with E-state index in [0.717, 1.165) is 51.8 Å². The molecule has 3 aliphatic rings. The van der Waals surface area contributed by atoms with Gasteiger partial charge in [0.25, 0.3) is 0 Å². The Morgan fingerprint density at radius 1 is 1.45 bits per heavy atom. The highest BCUT2D eigenvalue weighted by Gasteiger charge is 2.28. The van der Waals surface area contributed by atoms with Crippen LogP contribution in [-0.4, -0.2) is 74.6 Å². The van der Waals surface area contributed by atoms with Gasteiger partial charge in [-0.2, -0.15) is 0 Å². The highest BCUT2D eigenvalue weighted by molar-refractivity contribution is 5.91. The van der Waals surface area contributed by atoms with Gasteiger partial charge < -0.3 is 15.0 Å². The number of guanidine groups is 1. The van der Waals surface area contributed by atoms with E-state index in [1.165, 1.54) is 0 Å². The highest BCUT2D eigenvalue weighted by Crippen LogP contribution is 2.19. The molecule has 3 aliphatic heterocycles. The summed E-state index contributed by atoms with van der Waals surface area (Å²) in [5.41, 5.74) is 0. The van der Waals surface area contributed by atoms with Gasteiger partial charge in [-0.3, -0.25) is 4.90 Å². The number of hydrogen-bond acceptors (Lipinski definition) is 4. The molecule has 0 aliphatic carbocycles. The monoisotopic (exact) mass is 277 g/mol. The fourth-order valence-corrected chi connectivity index (χ4v) is 2.80. The maximum atomic E-state index is 5.34. The molecule has 1 saturated heterocycles. The molecule has 2 atom stereocenters. The van der Waals surface area contributed by atoms with E-state index in [1.807, 2.05) is 6.21 Å². The van der Waals surface area contributed by atoms with Crippen molar-refractivity contribution < 1.29 is 4.74 Å². The summed E-state index contributed by atoms with van der Waals surface area (Å²) in [5.74, 6) is 1.21. The zero-order chi connectivity index (χ0) is 13.8. The van der Waals surface area contributed by atoms with Crippen molar-refractivity contribution in [3.05, 3.63) is 12.3 Å². The van der Waals surface area contributed by atoms with Gasteiger partial charge in [0, 0.05) is 38.8 Å². The van der Waals surface area contributed by atoms with Crippen molar-refractivity contribution in [2.24, 2.45) is 15.9 Å². The third-order valence-electron chi connectivity index (χ3n) is 4.04. The lowest BCUT2D eigenvalue weighted by Gasteiger charge is -2.37. The minimum Gasteiger partial charge on any atom is -0.379 e. The number of nitrogens with zero attached hydrogens (tertiary/aromatic N) is 4. The van der Waals surface area contributed by atoms with Crippen LogP contribution in [0.4, 0.5) is 0 Å². The summed E-state index contributed by atoms with van der Waals surface area (Å²) in [6.07, 6.45) is 7.69. The summed E-state index contributed by atoms with van der Waals surface area (Å²) < 4.78 is 5.34. The molecule has 6 heteroatoms. The molecule has 0 radical (unpaired) electrons. The van der Waals surface area contributed by atoms with Gasteiger partial charge in [-0.1, -0.05) is 6.08 Å². The molecule has 0 amide bonds. The zero-order valence-corrected chi connectivity index (χ0v) is 12.0. The Balaban J connectivity index is 1.51. The third-order valence-corrected chi connectivity index (χ3v) is 4.04. The van der Waals surface area contributed by atoms with Crippen LogP contribution in [0.1, 0.15) is 6.42 Å². The summed E-state index contributed by atoms with van der Waals surface area (Å²) in [5, 5.41) is 3.43. The van der Waals surface area contributed by atoms with Gasteiger partial charge in [0.1, 0.15) is 6.17 Å². The first-order valence-corrected chi connectivity index (χ1v) is 7.37. The van der Waals surface area contributed by atoms with Gasteiger partial charge in [0.05, 0.1) is 19.8 Å². The average molecular weight is 277 g/mol. The first-order valence-electron chi connectivity index (χ1n) is 7.37. The van der Waals surface area contributed by atoms with Gasteiger partial charge >= 0.3 is 0 Å². The molecule has 0 spiro atoms. The molecular formula is C14H23N5O. The molecule has 6 nitrogen and oxygen atoms in total. The minimum atomic E-state index is 0.291. The minimum absolute atomic E-state index is 0.291. The molecule has 2 unspecified atom stereocenters. The number of nitrogens with one attached hydrogen (secondary N) is 1. The van der Waals surface area contributed by atoms with Crippen molar-refractivity contribution in [2.75, 3.05) is 46.4 Å². The van der Waals surface area contributed by atoms with Gasteiger partial charge in [-0.25, -0.2) is 9.98 Å². The number of hydrogen-bond donors (Lipinski definition) is 1. The smallest absolute Gasteiger partial charge is 0.219 e. The van der Waals surface area contributed by atoms with Gasteiger partial charge in [-0.15, -0.1) is 0 Å². The first-order chi connectivity index (χ1) is 9.83. The van der Waals surface area contributed by atoms with E-state index in [9.17, 15) is 0 Å². The molecule has 110 valence electrons. The summed E-state index contributed by atoms with van der Waals surface area (Å²) in [6.45, 7) is 5.48. The largest absolute Gasteiger partial charge is 0.379 e. The second-order valence-electron chi connectivity index (χ2n) is 5.48. The van der Waals surface area contributed by atoms with E-state index in [4.69, 9.17) is 4.74 Å². The van der Waals surface area contributed by atoms with Crippen molar-refractivity contribution in [2.45, 2.75) is 12.6 Å². The van der Waals surface area contributed by atoms with Crippen LogP contribution in [-0.2, 0) is 4.74 Å². The van der Waals surface area contributed by atoms with Crippen LogP contribution in [0.25, 0.3) is 0 Å². The molecule has 0 aromatic heterocycles. The van der Waals surface area contributed by atoms with Crippen LogP contribution in [0.2, 0.25) is 0 Å². The number of morpholine rings is 1. The molecular weight excluding hydrogens is 254 g/mol. The fourth-order valence-electron chi connectivity index (χ4n) is 2.80. The standard InChI is InChI=1S/C14H23N5O/c1-18-5-2-3-12-11-16-14(17-13(12)18)15-4-6-19-7-9-20-10-8-19/h2,5,11-13H,3-4,6-10H2,1H3,(H,15,17). The zero-order valence-electron chi connectivity index (χ0n) is 12.0. The lowest BCUT2D eigenvalue weighted by molar-refractivity contribution is 0.0394. The molecule has 0 saturated carbocycles. The van der Waals surface area contributed by atoms with E-state index < -0.39 is 0 Å². The van der Waals surface area contributed by atoms with Gasteiger partial charge in [-0.05, 0) is 12.6 Å². The predicted octanol–water partition coefficient (Wildman–Crippen LogP) is 0.140. The van der Waals surface area contributed by atoms with Crippen molar-refractivity contribution >= 4 is 12.2 Å². The van der Waals surface area contributed by atoms with Crippen molar-refractivity contribution in [1.82, 2.24) is 15.1 Å². The van der Waals surface area contributed by atoms with Crippen LogP contribution < -0.4 is 5.32 Å². The highest BCUT2D eigenvalue weighted by atomic mass is 16.5. The third kappa shape index (κ3) is 3.19. The van der Waals surface area contributed by atoms with E-state index >= 15 is 0 Å². The summed E-state index contributed by atoms with van der Waals surface area (Å²) >= 11 is 0. The van der Waals surface area contributed by atoms with Crippen LogP contribution >= 0.6 is 0 Å². The Morgan fingerprint density at radius 3 is 3.15 bits per heavy atom. The van der Waals surface area contributed by atoms with Crippen LogP contribution in [0.5, 0.6) is 0 Å². The fraction of sp³-hybridized carbons (Fsp3) is 0.714. The van der Waals surface area contributed by atoms with Crippen LogP contribution in [0.15, 0.2) is 22.3 Å². The molecule has 1 N–H and O–H groups in total. The lowest BCUT2D eigenvalue weighted by Crippen LogP contribution is -2.53. The molecule has 0 bridgehead atoms. The maximum absolute atomic E-state index is 5.34. The van der Waals surface area contributed by atoms with Gasteiger partial charge in [0.2, 0.25) is 5.96 Å². The van der Waals surface area contributed by atoms with E-state index in [2.05, 4.69) is 44.4 Å². The Kier molecular flexibility index (Phi) is 4.32. The summed E-state index contributed by atoms with van der Waals surface area (Å²) in [7, 11) is 2.09. The van der Waals surface area contributed by atoms with Crippen LogP contribution in [0.3, 0.4) is 0 Å². The Labute approximate surface area is 120 Å². The molecule has 0 aromatic carbocycles.